The summed E-state index contributed by atoms with van der Waals surface area (Å²) in [6, 6.07) is 13.9. The molecule has 1 aliphatic rings. The Kier molecular flexibility index (Phi) is 2.62. The van der Waals surface area contributed by atoms with E-state index in [2.05, 4.69) is 0 Å². The highest BCUT2D eigenvalue weighted by Crippen LogP contribution is 2.40. The summed E-state index contributed by atoms with van der Waals surface area (Å²) in [4.78, 5) is 13.8. The molecule has 19 heavy (non-hydrogen) atoms. The van der Waals surface area contributed by atoms with Crippen LogP contribution in [0.5, 0.6) is 0 Å². The van der Waals surface area contributed by atoms with Gasteiger partial charge in [-0.2, -0.15) is 0 Å². The molecule has 0 bridgehead atoms. The Morgan fingerprint density at radius 2 is 1.74 bits per heavy atom. The van der Waals surface area contributed by atoms with Crippen LogP contribution in [0.15, 0.2) is 48.5 Å². The summed E-state index contributed by atoms with van der Waals surface area (Å²) < 4.78 is 0. The minimum Gasteiger partial charge on any atom is -0.367 e. The Morgan fingerprint density at radius 3 is 2.37 bits per heavy atom. The van der Waals surface area contributed by atoms with E-state index in [-0.39, 0.29) is 5.91 Å². The maximum atomic E-state index is 12.4. The molecule has 4 heteroatoms. The Bertz CT molecular complexity index is 649. The van der Waals surface area contributed by atoms with E-state index < -0.39 is 5.72 Å². The Balaban J connectivity index is 2.15. The predicted molar refractivity (Wildman–Crippen MR) is 74.3 cm³/mol. The second-order valence-electron chi connectivity index (χ2n) is 4.68. The number of hydrogen-bond donors (Lipinski definition) is 1. The molecule has 0 saturated carbocycles. The van der Waals surface area contributed by atoms with Gasteiger partial charge in [0, 0.05) is 21.8 Å². The first-order chi connectivity index (χ1) is 9.01. The van der Waals surface area contributed by atoms with Gasteiger partial charge >= 0.3 is 0 Å². The summed E-state index contributed by atoms with van der Waals surface area (Å²) in [5, 5.41) is 11.3. The number of carbonyl (C=O) groups excluding carboxylic acids is 1. The second kappa shape index (κ2) is 4.08. The number of aliphatic hydroxyl groups is 1. The maximum Gasteiger partial charge on any atom is 0.261 e. The molecule has 1 heterocycles. The van der Waals surface area contributed by atoms with E-state index >= 15 is 0 Å². The zero-order valence-corrected chi connectivity index (χ0v) is 11.1. The molecule has 1 amide bonds. The zero-order valence-electron chi connectivity index (χ0n) is 10.3. The van der Waals surface area contributed by atoms with E-state index in [0.717, 1.165) is 0 Å². The smallest absolute Gasteiger partial charge is 0.261 e. The molecular formula is C15H12ClNO2. The fourth-order valence-electron chi connectivity index (χ4n) is 2.48. The summed E-state index contributed by atoms with van der Waals surface area (Å²) in [6.07, 6.45) is 0. The first kappa shape index (κ1) is 12.2. The molecule has 0 aromatic heterocycles. The molecule has 0 fully saturated rings. The average molecular weight is 274 g/mol. The third kappa shape index (κ3) is 1.74. The van der Waals surface area contributed by atoms with Crippen molar-refractivity contribution in [1.29, 1.82) is 0 Å². The third-order valence-corrected chi connectivity index (χ3v) is 3.64. The number of nitrogens with zero attached hydrogens (tertiary/aromatic N) is 1. The number of fused-ring (bicyclic) bond motifs is 1. The molecule has 1 N–H and O–H groups in total. The lowest BCUT2D eigenvalue weighted by Crippen LogP contribution is -2.41. The van der Waals surface area contributed by atoms with Crippen molar-refractivity contribution in [3.8, 4) is 0 Å². The molecule has 2 aromatic rings. The van der Waals surface area contributed by atoms with Crippen LogP contribution >= 0.6 is 11.6 Å². The molecule has 1 atom stereocenters. The van der Waals surface area contributed by atoms with Crippen molar-refractivity contribution in [3.05, 3.63) is 64.7 Å². The van der Waals surface area contributed by atoms with Crippen LogP contribution in [0.1, 0.15) is 22.8 Å². The minimum absolute atomic E-state index is 0.206. The highest BCUT2D eigenvalue weighted by atomic mass is 35.5. The predicted octanol–water partition coefficient (Wildman–Crippen LogP) is 3.17. The summed E-state index contributed by atoms with van der Waals surface area (Å²) >= 11 is 5.85. The van der Waals surface area contributed by atoms with Crippen molar-refractivity contribution < 1.29 is 9.90 Å². The van der Waals surface area contributed by atoms with Gasteiger partial charge in [-0.05, 0) is 37.3 Å². The third-order valence-electron chi connectivity index (χ3n) is 3.39. The van der Waals surface area contributed by atoms with Crippen LogP contribution in [0, 0.1) is 0 Å². The van der Waals surface area contributed by atoms with Crippen LogP contribution in [0.4, 0.5) is 5.69 Å². The Morgan fingerprint density at radius 1 is 1.11 bits per heavy atom. The summed E-state index contributed by atoms with van der Waals surface area (Å²) in [5.41, 5.74) is 0.426. The van der Waals surface area contributed by atoms with Crippen LogP contribution in [-0.4, -0.2) is 11.0 Å². The molecule has 2 aromatic carbocycles. The van der Waals surface area contributed by atoms with Gasteiger partial charge in [0.15, 0.2) is 5.72 Å². The van der Waals surface area contributed by atoms with Crippen molar-refractivity contribution in [2.75, 3.05) is 4.90 Å². The highest BCUT2D eigenvalue weighted by molar-refractivity contribution is 6.30. The topological polar surface area (TPSA) is 40.5 Å². The highest BCUT2D eigenvalue weighted by Gasteiger charge is 2.45. The zero-order chi connectivity index (χ0) is 13.6. The van der Waals surface area contributed by atoms with Gasteiger partial charge in [-0.1, -0.05) is 29.8 Å². The number of anilines is 1. The van der Waals surface area contributed by atoms with Gasteiger partial charge in [-0.15, -0.1) is 0 Å². The molecular weight excluding hydrogens is 262 g/mol. The maximum absolute atomic E-state index is 12.4. The van der Waals surface area contributed by atoms with Crippen molar-refractivity contribution >= 4 is 23.2 Å². The van der Waals surface area contributed by atoms with Gasteiger partial charge < -0.3 is 5.11 Å². The van der Waals surface area contributed by atoms with E-state index in [1.54, 1.807) is 49.4 Å². The molecule has 0 spiro atoms. The van der Waals surface area contributed by atoms with Gasteiger partial charge in [0.05, 0.1) is 0 Å². The van der Waals surface area contributed by atoms with Crippen molar-refractivity contribution in [1.82, 2.24) is 0 Å². The van der Waals surface area contributed by atoms with Crippen LogP contribution in [0.25, 0.3) is 0 Å². The molecule has 96 valence electrons. The second-order valence-corrected chi connectivity index (χ2v) is 5.12. The number of halogens is 1. The fourth-order valence-corrected chi connectivity index (χ4v) is 2.61. The molecule has 1 aliphatic heterocycles. The monoisotopic (exact) mass is 273 g/mol. The number of carbonyl (C=O) groups is 1. The summed E-state index contributed by atoms with van der Waals surface area (Å²) in [6.45, 7) is 1.62. The molecule has 3 nitrogen and oxygen atoms in total. The first-order valence-corrected chi connectivity index (χ1v) is 6.31. The quantitative estimate of drug-likeness (QED) is 0.867. The molecule has 0 aliphatic carbocycles. The van der Waals surface area contributed by atoms with Gasteiger partial charge in [-0.3, -0.25) is 9.69 Å². The SMILES string of the molecule is CC1(O)c2ccccc2C(=O)N1c1ccc(Cl)cc1. The van der Waals surface area contributed by atoms with Crippen molar-refractivity contribution in [3.63, 3.8) is 0 Å². The number of amides is 1. The Labute approximate surface area is 116 Å². The molecule has 0 radical (unpaired) electrons. The van der Waals surface area contributed by atoms with Gasteiger partial charge in [0.2, 0.25) is 0 Å². The number of hydrogen-bond acceptors (Lipinski definition) is 2. The van der Waals surface area contributed by atoms with Crippen LogP contribution in [0.3, 0.4) is 0 Å². The molecule has 3 rings (SSSR count). The minimum atomic E-state index is -1.35. The summed E-state index contributed by atoms with van der Waals surface area (Å²) in [5.74, 6) is -0.206. The normalized spacial score (nSPS) is 21.6. The number of benzene rings is 2. The standard InChI is InChI=1S/C15H12ClNO2/c1-15(19)13-5-3-2-4-12(13)14(18)17(15)11-8-6-10(16)7-9-11/h2-9,19H,1H3. The molecule has 0 saturated heterocycles. The Hall–Kier alpha value is -1.84. The lowest BCUT2D eigenvalue weighted by molar-refractivity contribution is 0.0555. The van der Waals surface area contributed by atoms with Crippen LogP contribution in [-0.2, 0) is 5.72 Å². The van der Waals surface area contributed by atoms with Crippen LogP contribution in [0.2, 0.25) is 5.02 Å². The number of rotatable bonds is 1. The summed E-state index contributed by atoms with van der Waals surface area (Å²) in [7, 11) is 0. The first-order valence-electron chi connectivity index (χ1n) is 5.94. The van der Waals surface area contributed by atoms with Crippen molar-refractivity contribution in [2.24, 2.45) is 0 Å². The van der Waals surface area contributed by atoms with Gasteiger partial charge in [0.25, 0.3) is 5.91 Å². The fraction of sp³-hybridized carbons (Fsp3) is 0.133. The average Bonchev–Trinajstić information content (AvgIpc) is 2.60. The van der Waals surface area contributed by atoms with E-state index in [9.17, 15) is 9.90 Å². The molecule has 1 unspecified atom stereocenters. The van der Waals surface area contributed by atoms with E-state index in [4.69, 9.17) is 11.6 Å². The van der Waals surface area contributed by atoms with Crippen LogP contribution < -0.4 is 4.90 Å². The van der Waals surface area contributed by atoms with Crippen molar-refractivity contribution in [2.45, 2.75) is 12.6 Å². The van der Waals surface area contributed by atoms with E-state index in [1.807, 2.05) is 6.07 Å². The lowest BCUT2D eigenvalue weighted by Gasteiger charge is -2.30. The lowest BCUT2D eigenvalue weighted by atomic mass is 10.0. The van der Waals surface area contributed by atoms with Gasteiger partial charge in [0.1, 0.15) is 0 Å². The van der Waals surface area contributed by atoms with E-state index in [0.29, 0.717) is 21.8 Å². The largest absolute Gasteiger partial charge is 0.367 e. The van der Waals surface area contributed by atoms with Gasteiger partial charge in [-0.25, -0.2) is 0 Å². The van der Waals surface area contributed by atoms with E-state index in [1.165, 1.54) is 4.90 Å².